The lowest BCUT2D eigenvalue weighted by Gasteiger charge is -2.13. The molecule has 0 saturated heterocycles. The molecule has 3 aromatic carbocycles. The zero-order valence-electron chi connectivity index (χ0n) is 26.1. The molecule has 48 heavy (non-hydrogen) atoms. The minimum atomic E-state index is -0.706. The van der Waals surface area contributed by atoms with E-state index in [9.17, 15) is 23.6 Å². The van der Waals surface area contributed by atoms with Gasteiger partial charge in [0.15, 0.2) is 0 Å². The molecule has 8 nitrogen and oxygen atoms in total. The summed E-state index contributed by atoms with van der Waals surface area (Å²) >= 11 is 8.90. The number of rotatable bonds is 11. The average Bonchev–Trinajstić information content (AvgIpc) is 3.25. The van der Waals surface area contributed by atoms with Crippen molar-refractivity contribution in [2.75, 3.05) is 23.0 Å². The molecule has 1 heterocycles. The van der Waals surface area contributed by atoms with Crippen LogP contribution in [0.15, 0.2) is 83.4 Å². The zero-order chi connectivity index (χ0) is 34.0. The van der Waals surface area contributed by atoms with Crippen molar-refractivity contribution >= 4 is 75.2 Å². The lowest BCUT2D eigenvalue weighted by atomic mass is 10.1. The number of thioether (sulfide) groups is 1. The van der Waals surface area contributed by atoms with E-state index < -0.39 is 23.6 Å². The molecule has 12 heteroatoms. The molecular formula is C36H33ClFN3O5S2. The van der Waals surface area contributed by atoms with Gasteiger partial charge in [0.05, 0.1) is 22.9 Å². The third kappa shape index (κ3) is 8.91. The first-order chi connectivity index (χ1) is 23.2. The molecule has 0 saturated carbocycles. The van der Waals surface area contributed by atoms with E-state index in [2.05, 4.69) is 16.0 Å². The molecule has 3 amide bonds. The number of amides is 3. The van der Waals surface area contributed by atoms with Gasteiger partial charge in [-0.3, -0.25) is 14.4 Å². The standard InChI is InChI=1S/C36H33ClFN3O5S2/c1-2-46-36(45)32-25-15-7-4-8-18-30(25)48-35(32)41-31(42)21-47-24-14-9-13-23(19-24)39-34(44)29(20-26-27(37)16-10-17-28(26)38)40-33(43)22-11-5-3-6-12-22/h3,5-6,9-14,16-17,19-20H,2,4,7-8,15,18,21H2,1H3,(H,39,44)(H,40,43)(H,41,42)/b29-20+. The van der Waals surface area contributed by atoms with Crippen LogP contribution in [0.25, 0.3) is 6.08 Å². The van der Waals surface area contributed by atoms with Gasteiger partial charge in [-0.15, -0.1) is 23.1 Å². The van der Waals surface area contributed by atoms with Crippen molar-refractivity contribution in [1.82, 2.24) is 5.32 Å². The number of halogens is 2. The topological polar surface area (TPSA) is 114 Å². The molecule has 0 bridgehead atoms. The third-order valence-electron chi connectivity index (χ3n) is 7.43. The molecule has 5 rings (SSSR count). The number of aryl methyl sites for hydroxylation is 1. The first-order valence-electron chi connectivity index (χ1n) is 15.4. The highest BCUT2D eigenvalue weighted by Crippen LogP contribution is 2.38. The van der Waals surface area contributed by atoms with Crippen LogP contribution in [0.2, 0.25) is 5.02 Å². The first-order valence-corrected chi connectivity index (χ1v) is 17.6. The van der Waals surface area contributed by atoms with Crippen molar-refractivity contribution in [3.63, 3.8) is 0 Å². The fourth-order valence-corrected chi connectivity index (χ4v) is 7.43. The maximum absolute atomic E-state index is 14.6. The average molecular weight is 706 g/mol. The van der Waals surface area contributed by atoms with Crippen LogP contribution in [0.3, 0.4) is 0 Å². The summed E-state index contributed by atoms with van der Waals surface area (Å²) in [5.74, 6) is -2.59. The highest BCUT2D eigenvalue weighted by Gasteiger charge is 2.26. The maximum Gasteiger partial charge on any atom is 0.341 e. The van der Waals surface area contributed by atoms with Crippen LogP contribution in [-0.4, -0.2) is 36.1 Å². The fourth-order valence-electron chi connectivity index (χ4n) is 5.16. The monoisotopic (exact) mass is 705 g/mol. The Hall–Kier alpha value is -4.45. The number of anilines is 2. The number of hydrogen-bond acceptors (Lipinski definition) is 7. The lowest BCUT2D eigenvalue weighted by molar-refractivity contribution is -0.114. The number of esters is 1. The second kappa shape index (κ2) is 16.6. The molecule has 1 aliphatic carbocycles. The summed E-state index contributed by atoms with van der Waals surface area (Å²) in [4.78, 5) is 54.1. The predicted molar refractivity (Wildman–Crippen MR) is 189 cm³/mol. The number of ether oxygens (including phenoxy) is 1. The maximum atomic E-state index is 14.6. The van der Waals surface area contributed by atoms with Crippen molar-refractivity contribution in [3.05, 3.63) is 116 Å². The number of carbonyl (C=O) groups excluding carboxylic acids is 4. The van der Waals surface area contributed by atoms with E-state index in [1.165, 1.54) is 47.4 Å². The van der Waals surface area contributed by atoms with Crippen LogP contribution in [0, 0.1) is 5.82 Å². The van der Waals surface area contributed by atoms with Gasteiger partial charge in [0, 0.05) is 26.6 Å². The SMILES string of the molecule is CCOC(=O)c1c(NC(=O)CSc2cccc(NC(=O)/C(=C\c3c(F)cccc3Cl)NC(=O)c3ccccc3)c2)sc2c1CCCCC2. The first kappa shape index (κ1) is 34.9. The molecule has 0 radical (unpaired) electrons. The molecule has 0 unspecified atom stereocenters. The van der Waals surface area contributed by atoms with Gasteiger partial charge in [0.2, 0.25) is 5.91 Å². The van der Waals surface area contributed by atoms with Crippen molar-refractivity contribution in [1.29, 1.82) is 0 Å². The Morgan fingerprint density at radius 1 is 0.958 bits per heavy atom. The Morgan fingerprint density at radius 3 is 2.50 bits per heavy atom. The molecule has 1 aliphatic rings. The molecule has 0 spiro atoms. The van der Waals surface area contributed by atoms with Crippen LogP contribution in [0.1, 0.15) is 62.9 Å². The van der Waals surface area contributed by atoms with Crippen molar-refractivity contribution < 1.29 is 28.3 Å². The van der Waals surface area contributed by atoms with E-state index in [-0.39, 0.29) is 34.6 Å². The molecule has 3 N–H and O–H groups in total. The third-order valence-corrected chi connectivity index (χ3v) is 9.96. The number of hydrogen-bond donors (Lipinski definition) is 3. The summed E-state index contributed by atoms with van der Waals surface area (Å²) in [5.41, 5.74) is 1.85. The van der Waals surface area contributed by atoms with Gasteiger partial charge in [-0.1, -0.05) is 48.4 Å². The summed E-state index contributed by atoms with van der Waals surface area (Å²) in [6, 6.07) is 19.3. The summed E-state index contributed by atoms with van der Waals surface area (Å²) in [7, 11) is 0. The number of thiophene rings is 1. The van der Waals surface area contributed by atoms with Crippen molar-refractivity contribution in [3.8, 4) is 0 Å². The van der Waals surface area contributed by atoms with Crippen LogP contribution in [0.5, 0.6) is 0 Å². The number of benzene rings is 3. The normalized spacial score (nSPS) is 12.8. The highest BCUT2D eigenvalue weighted by atomic mass is 35.5. The van der Waals surface area contributed by atoms with Crippen LogP contribution in [-0.2, 0) is 27.2 Å². The van der Waals surface area contributed by atoms with Gasteiger partial charge in [0.1, 0.15) is 16.5 Å². The molecule has 0 fully saturated rings. The van der Waals surface area contributed by atoms with Gasteiger partial charge in [0.25, 0.3) is 11.8 Å². The van der Waals surface area contributed by atoms with E-state index in [0.717, 1.165) is 42.5 Å². The van der Waals surface area contributed by atoms with Gasteiger partial charge < -0.3 is 20.7 Å². The van der Waals surface area contributed by atoms with E-state index in [4.69, 9.17) is 16.3 Å². The number of fused-ring (bicyclic) bond motifs is 1. The van der Waals surface area contributed by atoms with Gasteiger partial charge in [-0.2, -0.15) is 0 Å². The number of nitrogens with one attached hydrogen (secondary N) is 3. The molecule has 1 aromatic heterocycles. The van der Waals surface area contributed by atoms with E-state index in [1.807, 2.05) is 0 Å². The van der Waals surface area contributed by atoms with Crippen molar-refractivity contribution in [2.24, 2.45) is 0 Å². The zero-order valence-corrected chi connectivity index (χ0v) is 28.5. The smallest absolute Gasteiger partial charge is 0.341 e. The fraction of sp³-hybridized carbons (Fsp3) is 0.222. The van der Waals surface area contributed by atoms with Crippen LogP contribution < -0.4 is 16.0 Å². The molecular weight excluding hydrogens is 673 g/mol. The minimum Gasteiger partial charge on any atom is -0.462 e. The van der Waals surface area contributed by atoms with Gasteiger partial charge in [-0.25, -0.2) is 9.18 Å². The summed E-state index contributed by atoms with van der Waals surface area (Å²) < 4.78 is 20.0. The predicted octanol–water partition coefficient (Wildman–Crippen LogP) is 8.13. The Labute approximate surface area is 291 Å². The van der Waals surface area contributed by atoms with E-state index in [1.54, 1.807) is 61.5 Å². The lowest BCUT2D eigenvalue weighted by Crippen LogP contribution is -2.30. The van der Waals surface area contributed by atoms with Crippen LogP contribution in [0.4, 0.5) is 15.1 Å². The Kier molecular flexibility index (Phi) is 12.1. The molecule has 0 aliphatic heterocycles. The molecule has 4 aromatic rings. The van der Waals surface area contributed by atoms with Gasteiger partial charge in [-0.05, 0) is 86.7 Å². The van der Waals surface area contributed by atoms with Crippen LogP contribution >= 0.6 is 34.7 Å². The second-order valence-corrected chi connectivity index (χ2v) is 13.4. The quantitative estimate of drug-likeness (QED) is 0.0629. The Morgan fingerprint density at radius 2 is 1.73 bits per heavy atom. The van der Waals surface area contributed by atoms with E-state index >= 15 is 0 Å². The summed E-state index contributed by atoms with van der Waals surface area (Å²) in [6.07, 6.45) is 5.96. The van der Waals surface area contributed by atoms with Gasteiger partial charge >= 0.3 is 5.97 Å². The summed E-state index contributed by atoms with van der Waals surface area (Å²) in [5, 5.41) is 8.81. The summed E-state index contributed by atoms with van der Waals surface area (Å²) in [6.45, 7) is 2.00. The Balaban J connectivity index is 1.28. The Bertz CT molecular complexity index is 1840. The van der Waals surface area contributed by atoms with Crippen molar-refractivity contribution in [2.45, 2.75) is 43.9 Å². The molecule has 248 valence electrons. The largest absolute Gasteiger partial charge is 0.462 e. The minimum absolute atomic E-state index is 0.0479. The number of carbonyl (C=O) groups is 4. The second-order valence-electron chi connectivity index (χ2n) is 10.8. The molecule has 0 atom stereocenters. The highest BCUT2D eigenvalue weighted by molar-refractivity contribution is 8.00. The van der Waals surface area contributed by atoms with E-state index in [0.29, 0.717) is 26.7 Å².